The Morgan fingerprint density at radius 1 is 0.919 bits per heavy atom. The predicted molar refractivity (Wildman–Crippen MR) is 144 cm³/mol. The standard InChI is InChI=1S/C32H50O5/c1-19-25-21-9-10-23-28(5)13-12-24(34)27(3,4)22(28)11-14-30(23,7)29(21,6)15-17-32(25,26(35)36)18-16-31(19,8)37-20(2)33/h9,19,22-25,34H,10-18H2,1-8H3,(H,35,36)/t19-,22+,23-,24+,25+,28+,29-,30-,31+,32-/m1/s1. The lowest BCUT2D eigenvalue weighted by atomic mass is 9.33. The van der Waals surface area contributed by atoms with Gasteiger partial charge in [0, 0.05) is 18.8 Å². The monoisotopic (exact) mass is 514 g/mol. The summed E-state index contributed by atoms with van der Waals surface area (Å²) >= 11 is 0. The highest BCUT2D eigenvalue weighted by Crippen LogP contribution is 2.76. The number of aliphatic carboxylic acids is 1. The van der Waals surface area contributed by atoms with Gasteiger partial charge in [-0.25, -0.2) is 0 Å². The molecule has 0 aliphatic heterocycles. The number of fused-ring (bicyclic) bond motifs is 7. The number of carbonyl (C=O) groups excluding carboxylic acids is 1. The first kappa shape index (κ1) is 27.2. The van der Waals surface area contributed by atoms with Crippen molar-refractivity contribution in [3.8, 4) is 0 Å². The summed E-state index contributed by atoms with van der Waals surface area (Å²) in [7, 11) is 0. The number of allylic oxidation sites excluding steroid dienone is 2. The van der Waals surface area contributed by atoms with E-state index in [0.29, 0.717) is 31.1 Å². The van der Waals surface area contributed by atoms with Crippen LogP contribution in [0.3, 0.4) is 0 Å². The third kappa shape index (κ3) is 3.31. The Morgan fingerprint density at radius 2 is 1.57 bits per heavy atom. The molecule has 5 rings (SSSR count). The van der Waals surface area contributed by atoms with Gasteiger partial charge in [-0.15, -0.1) is 0 Å². The molecular weight excluding hydrogens is 464 g/mol. The van der Waals surface area contributed by atoms with Crippen LogP contribution in [0.25, 0.3) is 0 Å². The number of carbonyl (C=O) groups is 2. The molecule has 5 heteroatoms. The number of ether oxygens (including phenoxy) is 1. The highest BCUT2D eigenvalue weighted by molar-refractivity contribution is 5.77. The molecule has 5 aliphatic carbocycles. The van der Waals surface area contributed by atoms with E-state index in [2.05, 4.69) is 47.6 Å². The minimum atomic E-state index is -0.786. The lowest BCUT2D eigenvalue weighted by Gasteiger charge is -2.71. The summed E-state index contributed by atoms with van der Waals surface area (Å²) in [5.41, 5.74) is -0.0507. The minimum absolute atomic E-state index is 0.0667. The molecule has 2 N–H and O–H groups in total. The van der Waals surface area contributed by atoms with Gasteiger partial charge in [0.1, 0.15) is 5.60 Å². The fourth-order valence-corrected chi connectivity index (χ4v) is 11.3. The lowest BCUT2D eigenvalue weighted by Crippen LogP contribution is -2.66. The lowest BCUT2D eigenvalue weighted by molar-refractivity contribution is -0.214. The summed E-state index contributed by atoms with van der Waals surface area (Å²) in [4.78, 5) is 25.1. The second kappa shape index (κ2) is 8.08. The molecule has 4 fully saturated rings. The third-order valence-electron chi connectivity index (χ3n) is 13.8. The molecule has 0 bridgehead atoms. The van der Waals surface area contributed by atoms with Crippen molar-refractivity contribution in [1.29, 1.82) is 0 Å². The Labute approximate surface area is 223 Å². The second-order valence-corrected chi connectivity index (χ2v) is 15.3. The van der Waals surface area contributed by atoms with Gasteiger partial charge in [0.25, 0.3) is 0 Å². The van der Waals surface area contributed by atoms with Crippen molar-refractivity contribution < 1.29 is 24.5 Å². The summed E-state index contributed by atoms with van der Waals surface area (Å²) in [5, 5.41) is 21.6. The highest BCUT2D eigenvalue weighted by Gasteiger charge is 2.70. The average Bonchev–Trinajstić information content (AvgIpc) is 2.79. The number of rotatable bonds is 2. The molecule has 0 unspecified atom stereocenters. The van der Waals surface area contributed by atoms with E-state index in [1.807, 2.05) is 6.92 Å². The quantitative estimate of drug-likeness (QED) is 0.314. The molecule has 5 nitrogen and oxygen atoms in total. The number of carboxylic acid groups (broad SMARTS) is 1. The summed E-state index contributed by atoms with van der Waals surface area (Å²) in [5.74, 6) is -0.159. The van der Waals surface area contributed by atoms with Gasteiger partial charge < -0.3 is 14.9 Å². The largest absolute Gasteiger partial charge is 0.481 e. The van der Waals surface area contributed by atoms with Gasteiger partial charge >= 0.3 is 11.9 Å². The molecule has 208 valence electrons. The van der Waals surface area contributed by atoms with Crippen LogP contribution in [0.5, 0.6) is 0 Å². The van der Waals surface area contributed by atoms with Gasteiger partial charge in [0.15, 0.2) is 0 Å². The molecule has 0 amide bonds. The number of carboxylic acids is 1. The number of hydrogen-bond acceptors (Lipinski definition) is 4. The molecule has 5 aliphatic rings. The number of aliphatic hydroxyl groups excluding tert-OH is 1. The summed E-state index contributed by atoms with van der Waals surface area (Å²) in [6.07, 6.45) is 10.1. The fourth-order valence-electron chi connectivity index (χ4n) is 11.3. The third-order valence-corrected chi connectivity index (χ3v) is 13.8. The summed E-state index contributed by atoms with van der Waals surface area (Å²) in [6.45, 7) is 17.6. The molecule has 0 aromatic carbocycles. The van der Waals surface area contributed by atoms with Gasteiger partial charge in [-0.05, 0) is 98.2 Å². The van der Waals surface area contributed by atoms with E-state index in [9.17, 15) is 19.8 Å². The van der Waals surface area contributed by atoms with Crippen LogP contribution in [0.4, 0.5) is 0 Å². The van der Waals surface area contributed by atoms with Crippen molar-refractivity contribution >= 4 is 11.9 Å². The number of aliphatic hydroxyl groups is 1. The zero-order valence-corrected chi connectivity index (χ0v) is 24.4. The van der Waals surface area contributed by atoms with E-state index >= 15 is 0 Å². The first-order chi connectivity index (χ1) is 17.0. The Bertz CT molecular complexity index is 1030. The van der Waals surface area contributed by atoms with Crippen LogP contribution in [-0.4, -0.2) is 33.9 Å². The smallest absolute Gasteiger partial charge is 0.310 e. The maximum Gasteiger partial charge on any atom is 0.310 e. The van der Waals surface area contributed by atoms with Crippen LogP contribution in [-0.2, 0) is 14.3 Å². The molecule has 0 saturated heterocycles. The molecule has 0 aromatic heterocycles. The van der Waals surface area contributed by atoms with Crippen molar-refractivity contribution in [1.82, 2.24) is 0 Å². The van der Waals surface area contributed by atoms with Gasteiger partial charge in [-0.3, -0.25) is 9.59 Å². The van der Waals surface area contributed by atoms with Crippen molar-refractivity contribution in [2.24, 2.45) is 50.7 Å². The zero-order chi connectivity index (χ0) is 27.4. The van der Waals surface area contributed by atoms with Crippen LogP contribution in [0.1, 0.15) is 113 Å². The fraction of sp³-hybridized carbons (Fsp3) is 0.875. The van der Waals surface area contributed by atoms with Crippen LogP contribution < -0.4 is 0 Å². The van der Waals surface area contributed by atoms with Gasteiger partial charge in [0.05, 0.1) is 11.5 Å². The first-order valence-electron chi connectivity index (χ1n) is 14.8. The number of hydrogen-bond donors (Lipinski definition) is 2. The van der Waals surface area contributed by atoms with Gasteiger partial charge in [0.2, 0.25) is 0 Å². The summed E-state index contributed by atoms with van der Waals surface area (Å²) in [6, 6.07) is 0. The Morgan fingerprint density at radius 3 is 2.19 bits per heavy atom. The predicted octanol–water partition coefficient (Wildman–Crippen LogP) is 6.78. The second-order valence-electron chi connectivity index (χ2n) is 15.3. The highest BCUT2D eigenvalue weighted by atomic mass is 16.6. The molecule has 0 spiro atoms. The molecule has 0 heterocycles. The van der Waals surface area contributed by atoms with Crippen LogP contribution in [0.2, 0.25) is 0 Å². The molecule has 10 atom stereocenters. The first-order valence-corrected chi connectivity index (χ1v) is 14.8. The Balaban J connectivity index is 1.62. The van der Waals surface area contributed by atoms with E-state index in [0.717, 1.165) is 38.5 Å². The SMILES string of the molecule is CC(=O)O[C@@]1(C)CC[C@]2(C(=O)O)CC[C@]3(C)C(=CC[C@@H]4[C@@]5(C)CC[C@H](O)C(C)(C)[C@@H]5CC[C@]43C)[C@@H]2[C@H]1C. The molecule has 37 heavy (non-hydrogen) atoms. The zero-order valence-electron chi connectivity index (χ0n) is 24.4. The van der Waals surface area contributed by atoms with Crippen LogP contribution in [0, 0.1) is 50.7 Å². The molecular formula is C32H50O5. The van der Waals surface area contributed by atoms with Crippen molar-refractivity contribution in [3.05, 3.63) is 11.6 Å². The van der Waals surface area contributed by atoms with Crippen molar-refractivity contribution in [2.75, 3.05) is 0 Å². The average molecular weight is 515 g/mol. The van der Waals surface area contributed by atoms with Crippen LogP contribution in [0.15, 0.2) is 11.6 Å². The molecule has 0 aromatic rings. The van der Waals surface area contributed by atoms with Crippen LogP contribution >= 0.6 is 0 Å². The van der Waals surface area contributed by atoms with Gasteiger partial charge in [-0.2, -0.15) is 0 Å². The Hall–Kier alpha value is -1.36. The minimum Gasteiger partial charge on any atom is -0.481 e. The Kier molecular flexibility index (Phi) is 5.95. The topological polar surface area (TPSA) is 83.8 Å². The van der Waals surface area contributed by atoms with E-state index in [-0.39, 0.29) is 45.6 Å². The van der Waals surface area contributed by atoms with Gasteiger partial charge in [-0.1, -0.05) is 53.2 Å². The normalized spacial score (nSPS) is 52.5. The molecule has 4 saturated carbocycles. The number of esters is 1. The maximum absolute atomic E-state index is 13.0. The van der Waals surface area contributed by atoms with Crippen molar-refractivity contribution in [2.45, 2.75) is 125 Å². The van der Waals surface area contributed by atoms with E-state index < -0.39 is 17.0 Å². The van der Waals surface area contributed by atoms with E-state index in [1.54, 1.807) is 0 Å². The molecule has 0 radical (unpaired) electrons. The maximum atomic E-state index is 13.0. The summed E-state index contributed by atoms with van der Waals surface area (Å²) < 4.78 is 5.95. The van der Waals surface area contributed by atoms with E-state index in [4.69, 9.17) is 4.74 Å². The van der Waals surface area contributed by atoms with E-state index in [1.165, 1.54) is 12.5 Å². The van der Waals surface area contributed by atoms with Crippen molar-refractivity contribution in [3.63, 3.8) is 0 Å².